The topological polar surface area (TPSA) is 58.6 Å². The van der Waals surface area contributed by atoms with E-state index in [1.165, 1.54) is 6.07 Å². The van der Waals surface area contributed by atoms with Gasteiger partial charge in [0, 0.05) is 26.0 Å². The van der Waals surface area contributed by atoms with Crippen molar-refractivity contribution in [2.75, 3.05) is 13.2 Å². The fourth-order valence-corrected chi connectivity index (χ4v) is 3.54. The number of hydrogen-bond acceptors (Lipinski definition) is 3. The molecule has 2 aromatic rings. The Morgan fingerprint density at radius 3 is 2.81 bits per heavy atom. The lowest BCUT2D eigenvalue weighted by atomic mass is 9.91. The fraction of sp³-hybridized carbons (Fsp3) is 0.381. The second-order valence-corrected chi connectivity index (χ2v) is 7.61. The van der Waals surface area contributed by atoms with Gasteiger partial charge in [0.15, 0.2) is 0 Å². The van der Waals surface area contributed by atoms with E-state index in [9.17, 15) is 9.18 Å². The van der Waals surface area contributed by atoms with Crippen molar-refractivity contribution in [3.05, 3.63) is 63.9 Å². The van der Waals surface area contributed by atoms with E-state index in [1.54, 1.807) is 6.07 Å². The first-order chi connectivity index (χ1) is 12.9. The summed E-state index contributed by atoms with van der Waals surface area (Å²) in [7, 11) is 0. The van der Waals surface area contributed by atoms with Crippen LogP contribution in [0.4, 0.5) is 4.39 Å². The van der Waals surface area contributed by atoms with Crippen LogP contribution in [0.15, 0.2) is 36.4 Å². The van der Waals surface area contributed by atoms with E-state index in [2.05, 4.69) is 5.32 Å². The smallest absolute Gasteiger partial charge is 0.224 e. The molecule has 1 amide bonds. The monoisotopic (exact) mass is 391 g/mol. The Bertz CT molecular complexity index is 842. The lowest BCUT2D eigenvalue weighted by Crippen LogP contribution is -2.32. The number of rotatable bonds is 7. The highest BCUT2D eigenvalue weighted by molar-refractivity contribution is 6.30. The zero-order valence-electron chi connectivity index (χ0n) is 15.2. The third kappa shape index (κ3) is 4.99. The van der Waals surface area contributed by atoms with Crippen molar-refractivity contribution >= 4 is 17.5 Å². The van der Waals surface area contributed by atoms with Crippen LogP contribution in [0.3, 0.4) is 0 Å². The third-order valence-corrected chi connectivity index (χ3v) is 4.94. The number of aliphatic hydroxyl groups excluding tert-OH is 1. The minimum Gasteiger partial charge on any atom is -0.487 e. The number of ether oxygens (including phenoxy) is 1. The maximum absolute atomic E-state index is 13.7. The minimum absolute atomic E-state index is 0.0621. The highest BCUT2D eigenvalue weighted by atomic mass is 35.5. The lowest BCUT2D eigenvalue weighted by molar-refractivity contribution is -0.120. The number of benzene rings is 2. The van der Waals surface area contributed by atoms with Crippen molar-refractivity contribution in [1.29, 1.82) is 0 Å². The van der Waals surface area contributed by atoms with Crippen molar-refractivity contribution in [2.45, 2.75) is 38.2 Å². The first-order valence-electron chi connectivity index (χ1n) is 9.01. The highest BCUT2D eigenvalue weighted by Gasteiger charge is 2.35. The predicted octanol–water partition coefficient (Wildman–Crippen LogP) is 3.46. The zero-order chi connectivity index (χ0) is 19.4. The minimum atomic E-state index is -0.468. The molecule has 0 fully saturated rings. The van der Waals surface area contributed by atoms with E-state index in [0.29, 0.717) is 25.8 Å². The number of hydrogen-bond donors (Lipinski definition) is 2. The molecule has 0 saturated heterocycles. The van der Waals surface area contributed by atoms with Gasteiger partial charge in [0.1, 0.15) is 17.2 Å². The average molecular weight is 392 g/mol. The molecule has 2 aromatic carbocycles. The molecule has 1 unspecified atom stereocenters. The number of fused-ring (bicyclic) bond motifs is 1. The van der Waals surface area contributed by atoms with Gasteiger partial charge in [-0.1, -0.05) is 29.8 Å². The number of amides is 1. The highest BCUT2D eigenvalue weighted by Crippen LogP contribution is 2.37. The van der Waals surface area contributed by atoms with Gasteiger partial charge in [-0.15, -0.1) is 0 Å². The Balaban J connectivity index is 1.65. The van der Waals surface area contributed by atoms with E-state index in [4.69, 9.17) is 21.4 Å². The molecule has 1 aliphatic heterocycles. The maximum atomic E-state index is 13.7. The van der Waals surface area contributed by atoms with Crippen molar-refractivity contribution in [1.82, 2.24) is 5.32 Å². The van der Waals surface area contributed by atoms with E-state index in [1.807, 2.05) is 31.2 Å². The van der Waals surface area contributed by atoms with Crippen LogP contribution in [-0.4, -0.2) is 29.8 Å². The SMILES string of the molecule is CC1(Cc2ccc(Cl)c(F)c2)Cc2cc(CC(=O)NCCCO)ccc2O1. The molecule has 1 aliphatic rings. The summed E-state index contributed by atoms with van der Waals surface area (Å²) in [5.41, 5.74) is 2.33. The molecule has 1 atom stereocenters. The molecule has 2 N–H and O–H groups in total. The normalized spacial score (nSPS) is 18.1. The molecule has 1 heterocycles. The first-order valence-corrected chi connectivity index (χ1v) is 9.39. The van der Waals surface area contributed by atoms with Crippen LogP contribution in [-0.2, 0) is 24.1 Å². The molecule has 0 aromatic heterocycles. The summed E-state index contributed by atoms with van der Waals surface area (Å²) in [4.78, 5) is 11.9. The van der Waals surface area contributed by atoms with Gasteiger partial charge >= 0.3 is 0 Å². The Labute approximate surface area is 163 Å². The fourth-order valence-electron chi connectivity index (χ4n) is 3.42. The van der Waals surface area contributed by atoms with Crippen LogP contribution in [0.1, 0.15) is 30.0 Å². The number of aliphatic hydroxyl groups is 1. The molecule has 0 spiro atoms. The van der Waals surface area contributed by atoms with Gasteiger partial charge in [0.2, 0.25) is 5.91 Å². The quantitative estimate of drug-likeness (QED) is 0.711. The molecule has 144 valence electrons. The van der Waals surface area contributed by atoms with Crippen LogP contribution in [0, 0.1) is 5.82 Å². The van der Waals surface area contributed by atoms with Gasteiger partial charge in [0.05, 0.1) is 11.4 Å². The zero-order valence-corrected chi connectivity index (χ0v) is 16.0. The van der Waals surface area contributed by atoms with Crippen molar-refractivity contribution < 1.29 is 19.0 Å². The average Bonchev–Trinajstić information content (AvgIpc) is 2.93. The molecule has 0 aliphatic carbocycles. The molecule has 3 rings (SSSR count). The molecular formula is C21H23ClFNO3. The van der Waals surface area contributed by atoms with Crippen LogP contribution in [0.5, 0.6) is 5.75 Å². The maximum Gasteiger partial charge on any atom is 0.224 e. The summed E-state index contributed by atoms with van der Waals surface area (Å²) in [6, 6.07) is 10.6. The van der Waals surface area contributed by atoms with Crippen LogP contribution >= 0.6 is 11.6 Å². The van der Waals surface area contributed by atoms with Gasteiger partial charge < -0.3 is 15.2 Å². The predicted molar refractivity (Wildman–Crippen MR) is 103 cm³/mol. The summed E-state index contributed by atoms with van der Waals surface area (Å²) in [5.74, 6) is 0.306. The standard InChI is InChI=1S/C21H23ClFNO3/c1-21(12-15-3-5-17(22)18(23)10-15)13-16-9-14(4-6-19(16)27-21)11-20(26)24-7-2-8-25/h3-6,9-10,25H,2,7-8,11-13H2,1H3,(H,24,26). The van der Waals surface area contributed by atoms with E-state index >= 15 is 0 Å². The number of carbonyl (C=O) groups excluding carboxylic acids is 1. The summed E-state index contributed by atoms with van der Waals surface area (Å²) in [6.07, 6.45) is 2.09. The van der Waals surface area contributed by atoms with Crippen LogP contribution < -0.4 is 10.1 Å². The van der Waals surface area contributed by atoms with E-state index in [0.717, 1.165) is 22.4 Å². The van der Waals surface area contributed by atoms with Gasteiger partial charge in [-0.2, -0.15) is 0 Å². The Hall–Kier alpha value is -2.11. The summed E-state index contributed by atoms with van der Waals surface area (Å²) in [5, 5.41) is 11.7. The number of halogens is 2. The second-order valence-electron chi connectivity index (χ2n) is 7.20. The first kappa shape index (κ1) is 19.6. The largest absolute Gasteiger partial charge is 0.487 e. The third-order valence-electron chi connectivity index (χ3n) is 4.63. The molecular weight excluding hydrogens is 369 g/mol. The lowest BCUT2D eigenvalue weighted by Gasteiger charge is -2.24. The summed E-state index contributed by atoms with van der Waals surface area (Å²) >= 11 is 5.75. The van der Waals surface area contributed by atoms with Crippen molar-refractivity contribution in [2.24, 2.45) is 0 Å². The molecule has 0 radical (unpaired) electrons. The molecule has 27 heavy (non-hydrogen) atoms. The van der Waals surface area contributed by atoms with E-state index in [-0.39, 0.29) is 24.0 Å². The van der Waals surface area contributed by atoms with Gasteiger partial charge in [-0.25, -0.2) is 4.39 Å². The molecule has 4 nitrogen and oxygen atoms in total. The number of carbonyl (C=O) groups is 1. The second kappa shape index (κ2) is 8.28. The Kier molecular flexibility index (Phi) is 6.02. The molecule has 0 bridgehead atoms. The van der Waals surface area contributed by atoms with Crippen molar-refractivity contribution in [3.8, 4) is 5.75 Å². The number of nitrogens with one attached hydrogen (secondary N) is 1. The summed E-state index contributed by atoms with van der Waals surface area (Å²) < 4.78 is 19.8. The van der Waals surface area contributed by atoms with E-state index < -0.39 is 11.4 Å². The van der Waals surface area contributed by atoms with Gasteiger partial charge in [0.25, 0.3) is 0 Å². The van der Waals surface area contributed by atoms with Gasteiger partial charge in [-0.05, 0) is 48.2 Å². The van der Waals surface area contributed by atoms with Crippen LogP contribution in [0.2, 0.25) is 5.02 Å². The van der Waals surface area contributed by atoms with Crippen LogP contribution in [0.25, 0.3) is 0 Å². The molecule has 0 saturated carbocycles. The Morgan fingerprint density at radius 2 is 2.07 bits per heavy atom. The summed E-state index contributed by atoms with van der Waals surface area (Å²) in [6.45, 7) is 2.53. The van der Waals surface area contributed by atoms with Crippen molar-refractivity contribution in [3.63, 3.8) is 0 Å². The molecule has 6 heteroatoms. The van der Waals surface area contributed by atoms with Gasteiger partial charge in [-0.3, -0.25) is 4.79 Å². The Morgan fingerprint density at radius 1 is 1.30 bits per heavy atom.